The summed E-state index contributed by atoms with van der Waals surface area (Å²) in [6, 6.07) is 0. The molecule has 122 valence electrons. The zero-order valence-corrected chi connectivity index (χ0v) is 16.7. The minimum atomic E-state index is -4.29. The normalized spacial score (nSPS) is 12.9. The average Bonchev–Trinajstić information content (AvgIpc) is 2.34. The minimum absolute atomic E-state index is 0. The van der Waals surface area contributed by atoms with Gasteiger partial charge in [0.2, 0.25) is 0 Å². The second kappa shape index (κ2) is 15.8. The summed E-state index contributed by atoms with van der Waals surface area (Å²) < 4.78 is 31.3. The van der Waals surface area contributed by atoms with Crippen LogP contribution in [-0.2, 0) is 10.1 Å². The second-order valence-electron chi connectivity index (χ2n) is 5.70. The van der Waals surface area contributed by atoms with Gasteiger partial charge in [-0.1, -0.05) is 77.6 Å². The molecule has 0 aliphatic heterocycles. The van der Waals surface area contributed by atoms with Crippen molar-refractivity contribution in [2.24, 2.45) is 0 Å². The van der Waals surface area contributed by atoms with E-state index in [0.29, 0.717) is 6.42 Å². The summed E-state index contributed by atoms with van der Waals surface area (Å²) in [6.07, 6.45) is 12.8. The third kappa shape index (κ3) is 20.9. The summed E-state index contributed by atoms with van der Waals surface area (Å²) in [7, 11) is -4.29. The molecule has 0 saturated heterocycles. The maximum absolute atomic E-state index is 10.4. The molecule has 0 amide bonds. The molecule has 1 atom stereocenters. The molecule has 0 aromatic heterocycles. The molecule has 0 radical (unpaired) electrons. The molecular formula is C15H31NaO4S. The Morgan fingerprint density at radius 1 is 0.857 bits per heavy atom. The van der Waals surface area contributed by atoms with Gasteiger partial charge in [-0.3, -0.25) is 0 Å². The number of aliphatic hydroxyl groups excluding tert-OH is 1. The van der Waals surface area contributed by atoms with E-state index in [-0.39, 0.29) is 29.6 Å². The van der Waals surface area contributed by atoms with Crippen LogP contribution in [0, 0.1) is 0 Å². The van der Waals surface area contributed by atoms with Crippen LogP contribution in [-0.4, -0.2) is 29.9 Å². The van der Waals surface area contributed by atoms with Gasteiger partial charge in [-0.05, 0) is 6.42 Å². The van der Waals surface area contributed by atoms with Crippen LogP contribution < -0.4 is 29.6 Å². The summed E-state index contributed by atoms with van der Waals surface area (Å²) in [4.78, 5) is 0. The Hall–Kier alpha value is 0.870. The number of hydrogen-bond acceptors (Lipinski definition) is 4. The van der Waals surface area contributed by atoms with Crippen LogP contribution in [0.15, 0.2) is 0 Å². The SMILES string of the molecule is CCCCCCCCCCCCCC(O)CS(=O)(=O)[O-].[Na+]. The van der Waals surface area contributed by atoms with Gasteiger partial charge in [-0.2, -0.15) is 0 Å². The molecule has 0 aliphatic carbocycles. The maximum Gasteiger partial charge on any atom is 1.00 e. The van der Waals surface area contributed by atoms with Gasteiger partial charge >= 0.3 is 29.6 Å². The van der Waals surface area contributed by atoms with Crippen LogP contribution in [0.4, 0.5) is 0 Å². The van der Waals surface area contributed by atoms with Crippen LogP contribution in [0.25, 0.3) is 0 Å². The summed E-state index contributed by atoms with van der Waals surface area (Å²) >= 11 is 0. The molecule has 0 saturated carbocycles. The smallest absolute Gasteiger partial charge is 0.748 e. The fourth-order valence-corrected chi connectivity index (χ4v) is 3.00. The van der Waals surface area contributed by atoms with E-state index in [9.17, 15) is 18.1 Å². The first-order valence-corrected chi connectivity index (χ1v) is 9.65. The van der Waals surface area contributed by atoms with Crippen LogP contribution in [0.5, 0.6) is 0 Å². The Kier molecular flexibility index (Phi) is 18.1. The average molecular weight is 330 g/mol. The van der Waals surface area contributed by atoms with Crippen molar-refractivity contribution in [3.8, 4) is 0 Å². The van der Waals surface area contributed by atoms with Crippen molar-refractivity contribution in [3.63, 3.8) is 0 Å². The number of hydrogen-bond donors (Lipinski definition) is 1. The van der Waals surface area contributed by atoms with Crippen LogP contribution in [0.3, 0.4) is 0 Å². The van der Waals surface area contributed by atoms with Gasteiger partial charge < -0.3 is 9.66 Å². The van der Waals surface area contributed by atoms with E-state index in [0.717, 1.165) is 19.3 Å². The van der Waals surface area contributed by atoms with E-state index in [1.165, 1.54) is 51.4 Å². The Bertz CT molecular complexity index is 307. The van der Waals surface area contributed by atoms with Gasteiger partial charge in [0.15, 0.2) is 0 Å². The van der Waals surface area contributed by atoms with E-state index in [2.05, 4.69) is 6.92 Å². The number of aliphatic hydroxyl groups is 1. The molecule has 0 heterocycles. The number of unbranched alkanes of at least 4 members (excludes halogenated alkanes) is 10. The van der Waals surface area contributed by atoms with E-state index in [1.54, 1.807) is 0 Å². The van der Waals surface area contributed by atoms with Gasteiger partial charge in [-0.25, -0.2) is 8.42 Å². The fourth-order valence-electron chi connectivity index (χ4n) is 2.36. The van der Waals surface area contributed by atoms with E-state index >= 15 is 0 Å². The zero-order valence-electron chi connectivity index (χ0n) is 13.8. The summed E-state index contributed by atoms with van der Waals surface area (Å²) in [5.41, 5.74) is 0. The van der Waals surface area contributed by atoms with Gasteiger partial charge in [0.25, 0.3) is 0 Å². The second-order valence-corrected chi connectivity index (χ2v) is 7.15. The molecule has 0 bridgehead atoms. The molecule has 0 aromatic carbocycles. The first kappa shape index (κ1) is 24.1. The van der Waals surface area contributed by atoms with Gasteiger partial charge in [0.05, 0.1) is 22.0 Å². The molecule has 6 heteroatoms. The van der Waals surface area contributed by atoms with Crippen LogP contribution in [0.2, 0.25) is 0 Å². The molecule has 0 rings (SSSR count). The summed E-state index contributed by atoms with van der Waals surface area (Å²) in [6.45, 7) is 2.23. The van der Waals surface area contributed by atoms with Crippen molar-refractivity contribution in [1.29, 1.82) is 0 Å². The molecule has 0 aromatic rings. The van der Waals surface area contributed by atoms with Gasteiger partial charge in [-0.15, -0.1) is 0 Å². The van der Waals surface area contributed by atoms with E-state index < -0.39 is 22.0 Å². The van der Waals surface area contributed by atoms with E-state index in [4.69, 9.17) is 0 Å². The molecule has 1 N–H and O–H groups in total. The molecule has 4 nitrogen and oxygen atoms in total. The summed E-state index contributed by atoms with van der Waals surface area (Å²) in [5, 5.41) is 9.35. The quantitative estimate of drug-likeness (QED) is 0.287. The minimum Gasteiger partial charge on any atom is -0.748 e. The third-order valence-corrected chi connectivity index (χ3v) is 4.33. The molecule has 21 heavy (non-hydrogen) atoms. The Morgan fingerprint density at radius 3 is 1.62 bits per heavy atom. The Morgan fingerprint density at radius 2 is 1.24 bits per heavy atom. The largest absolute Gasteiger partial charge is 1.00 e. The molecule has 0 spiro atoms. The predicted octanol–water partition coefficient (Wildman–Crippen LogP) is 0.598. The van der Waals surface area contributed by atoms with Crippen molar-refractivity contribution >= 4 is 10.1 Å². The van der Waals surface area contributed by atoms with Crippen LogP contribution in [0.1, 0.15) is 84.0 Å². The van der Waals surface area contributed by atoms with Crippen molar-refractivity contribution in [2.75, 3.05) is 5.75 Å². The molecule has 0 fully saturated rings. The standard InChI is InChI=1S/C15H32O4S.Na/c1-2-3-4-5-6-7-8-9-10-11-12-13-15(16)14-20(17,18)19;/h15-16H,2-14H2,1H3,(H,17,18,19);/q;+1/p-1. The van der Waals surface area contributed by atoms with Gasteiger partial charge in [0.1, 0.15) is 0 Å². The molecule has 0 aliphatic rings. The van der Waals surface area contributed by atoms with Gasteiger partial charge in [0, 0.05) is 0 Å². The maximum atomic E-state index is 10.4. The first-order valence-electron chi connectivity index (χ1n) is 8.07. The monoisotopic (exact) mass is 330 g/mol. The van der Waals surface area contributed by atoms with E-state index in [1.807, 2.05) is 0 Å². The van der Waals surface area contributed by atoms with Crippen molar-refractivity contribution in [2.45, 2.75) is 90.1 Å². The Balaban J connectivity index is 0. The van der Waals surface area contributed by atoms with Crippen LogP contribution >= 0.6 is 0 Å². The predicted molar refractivity (Wildman–Crippen MR) is 81.6 cm³/mol. The summed E-state index contributed by atoms with van der Waals surface area (Å²) in [5.74, 6) is -0.648. The topological polar surface area (TPSA) is 77.4 Å². The molecular weight excluding hydrogens is 299 g/mol. The van der Waals surface area contributed by atoms with Crippen molar-refractivity contribution in [3.05, 3.63) is 0 Å². The van der Waals surface area contributed by atoms with Crippen molar-refractivity contribution < 1.29 is 47.6 Å². The zero-order chi connectivity index (χ0) is 15.3. The number of rotatable bonds is 14. The molecule has 1 unspecified atom stereocenters. The third-order valence-electron chi connectivity index (χ3n) is 3.54. The van der Waals surface area contributed by atoms with Crippen molar-refractivity contribution in [1.82, 2.24) is 0 Å². The Labute approximate surface area is 153 Å². The first-order chi connectivity index (χ1) is 9.45. The fraction of sp³-hybridized carbons (Fsp3) is 1.00.